The molecule has 134 valence electrons. The molecule has 0 saturated carbocycles. The number of rotatable bonds is 6. The Kier molecular flexibility index (Phi) is 5.13. The molecule has 0 aliphatic carbocycles. The Labute approximate surface area is 154 Å². The van der Waals surface area contributed by atoms with Gasteiger partial charge in [-0.25, -0.2) is 0 Å². The molecule has 2 aromatic carbocycles. The van der Waals surface area contributed by atoms with Gasteiger partial charge in [0.2, 0.25) is 0 Å². The van der Waals surface area contributed by atoms with E-state index >= 15 is 0 Å². The van der Waals surface area contributed by atoms with Crippen LogP contribution in [0.15, 0.2) is 47.6 Å². The average Bonchev–Trinajstić information content (AvgIpc) is 3.02. The van der Waals surface area contributed by atoms with E-state index in [9.17, 15) is 15.0 Å². The molecule has 0 unspecified atom stereocenters. The molecule has 0 atom stereocenters. The quantitative estimate of drug-likeness (QED) is 0.390. The lowest BCUT2D eigenvalue weighted by atomic mass is 10.1. The highest BCUT2D eigenvalue weighted by molar-refractivity contribution is 7.99. The SMILES string of the molecule is COc1ccc(-n2c(C)nnc2SCC(=O)c2ccc(O)c(O)c2)cc1. The summed E-state index contributed by atoms with van der Waals surface area (Å²) in [5.41, 5.74) is 1.19. The number of hydrogen-bond donors (Lipinski definition) is 2. The van der Waals surface area contributed by atoms with Gasteiger partial charge in [-0.15, -0.1) is 10.2 Å². The summed E-state index contributed by atoms with van der Waals surface area (Å²) in [7, 11) is 1.60. The summed E-state index contributed by atoms with van der Waals surface area (Å²) in [4.78, 5) is 12.3. The van der Waals surface area contributed by atoms with Gasteiger partial charge in [0.05, 0.1) is 12.9 Å². The predicted octanol–water partition coefficient (Wildman–Crippen LogP) is 2.97. The topological polar surface area (TPSA) is 97.5 Å². The maximum atomic E-state index is 12.3. The van der Waals surface area contributed by atoms with E-state index in [-0.39, 0.29) is 23.0 Å². The van der Waals surface area contributed by atoms with Crippen LogP contribution in [0, 0.1) is 6.92 Å². The van der Waals surface area contributed by atoms with Gasteiger partial charge < -0.3 is 14.9 Å². The first kappa shape index (κ1) is 17.8. The lowest BCUT2D eigenvalue weighted by Gasteiger charge is -2.09. The summed E-state index contributed by atoms with van der Waals surface area (Å²) < 4.78 is 7.02. The molecule has 0 saturated heterocycles. The Balaban J connectivity index is 1.78. The summed E-state index contributed by atoms with van der Waals surface area (Å²) in [5, 5.41) is 27.7. The summed E-state index contributed by atoms with van der Waals surface area (Å²) in [6.45, 7) is 1.83. The summed E-state index contributed by atoms with van der Waals surface area (Å²) in [6, 6.07) is 11.5. The number of phenols is 2. The van der Waals surface area contributed by atoms with Crippen molar-refractivity contribution in [1.82, 2.24) is 14.8 Å². The number of Topliss-reactive ketones (excluding diaryl/α,β-unsaturated/α-hetero) is 1. The fourth-order valence-corrected chi connectivity index (χ4v) is 3.27. The molecule has 26 heavy (non-hydrogen) atoms. The molecule has 0 fully saturated rings. The molecule has 2 N–H and O–H groups in total. The molecule has 3 rings (SSSR count). The lowest BCUT2D eigenvalue weighted by molar-refractivity contribution is 0.102. The van der Waals surface area contributed by atoms with Crippen molar-refractivity contribution in [1.29, 1.82) is 0 Å². The Morgan fingerprint density at radius 3 is 2.50 bits per heavy atom. The minimum absolute atomic E-state index is 0.124. The predicted molar refractivity (Wildman–Crippen MR) is 97.5 cm³/mol. The van der Waals surface area contributed by atoms with Crippen LogP contribution in [0.1, 0.15) is 16.2 Å². The van der Waals surface area contributed by atoms with Crippen LogP contribution in [0.25, 0.3) is 5.69 Å². The first-order chi connectivity index (χ1) is 12.5. The second-order valence-electron chi connectivity index (χ2n) is 5.48. The van der Waals surface area contributed by atoms with E-state index in [0.29, 0.717) is 16.5 Å². The zero-order valence-corrected chi connectivity index (χ0v) is 15.0. The van der Waals surface area contributed by atoms with Gasteiger partial charge in [-0.1, -0.05) is 11.8 Å². The zero-order chi connectivity index (χ0) is 18.7. The van der Waals surface area contributed by atoms with Crippen molar-refractivity contribution in [2.45, 2.75) is 12.1 Å². The van der Waals surface area contributed by atoms with Crippen molar-refractivity contribution in [3.05, 3.63) is 53.9 Å². The van der Waals surface area contributed by atoms with Gasteiger partial charge in [0.15, 0.2) is 22.4 Å². The molecule has 1 heterocycles. The van der Waals surface area contributed by atoms with E-state index in [1.165, 1.54) is 30.0 Å². The third kappa shape index (κ3) is 3.65. The largest absolute Gasteiger partial charge is 0.504 e. The van der Waals surface area contributed by atoms with Crippen LogP contribution < -0.4 is 4.74 Å². The first-order valence-corrected chi connectivity index (χ1v) is 8.72. The van der Waals surface area contributed by atoms with Crippen molar-refractivity contribution >= 4 is 17.5 Å². The summed E-state index contributed by atoms with van der Waals surface area (Å²) in [5.74, 6) is 0.802. The highest BCUT2D eigenvalue weighted by Crippen LogP contribution is 2.27. The second kappa shape index (κ2) is 7.49. The third-order valence-electron chi connectivity index (χ3n) is 3.76. The number of ether oxygens (including phenoxy) is 1. The molecule has 0 aliphatic rings. The molecule has 0 spiro atoms. The fourth-order valence-electron chi connectivity index (χ4n) is 2.38. The van der Waals surface area contributed by atoms with Gasteiger partial charge >= 0.3 is 0 Å². The van der Waals surface area contributed by atoms with Gasteiger partial charge in [0, 0.05) is 11.3 Å². The number of aryl methyl sites for hydroxylation is 1. The van der Waals surface area contributed by atoms with Crippen molar-refractivity contribution in [2.24, 2.45) is 0 Å². The molecular formula is C18H17N3O4S. The number of hydrogen-bond acceptors (Lipinski definition) is 7. The minimum Gasteiger partial charge on any atom is -0.504 e. The van der Waals surface area contributed by atoms with Crippen molar-refractivity contribution in [3.63, 3.8) is 0 Å². The second-order valence-corrected chi connectivity index (χ2v) is 6.42. The van der Waals surface area contributed by atoms with Crippen molar-refractivity contribution in [3.8, 4) is 22.9 Å². The highest BCUT2D eigenvalue weighted by Gasteiger charge is 2.15. The maximum Gasteiger partial charge on any atom is 0.196 e. The minimum atomic E-state index is -0.321. The molecule has 8 heteroatoms. The van der Waals surface area contributed by atoms with E-state index in [1.807, 2.05) is 35.8 Å². The molecule has 0 amide bonds. The average molecular weight is 371 g/mol. The number of aromatic hydroxyl groups is 2. The monoisotopic (exact) mass is 371 g/mol. The standard InChI is InChI=1S/C18H17N3O4S/c1-11-19-20-18(21(11)13-4-6-14(25-2)7-5-13)26-10-17(24)12-3-8-15(22)16(23)9-12/h3-9,22-23H,10H2,1-2H3. The number of methoxy groups -OCH3 is 1. The normalized spacial score (nSPS) is 10.7. The number of benzene rings is 2. The first-order valence-electron chi connectivity index (χ1n) is 7.74. The van der Waals surface area contributed by atoms with Crippen LogP contribution in [0.2, 0.25) is 0 Å². The number of phenolic OH excluding ortho intramolecular Hbond substituents is 2. The number of ketones is 1. The van der Waals surface area contributed by atoms with E-state index in [2.05, 4.69) is 10.2 Å². The Hall–Kier alpha value is -3.00. The molecule has 0 aliphatic heterocycles. The number of carbonyl (C=O) groups excluding carboxylic acids is 1. The Morgan fingerprint density at radius 1 is 1.12 bits per heavy atom. The van der Waals surface area contributed by atoms with Gasteiger partial charge in [-0.05, 0) is 49.4 Å². The van der Waals surface area contributed by atoms with Gasteiger partial charge in [-0.2, -0.15) is 0 Å². The van der Waals surface area contributed by atoms with E-state index < -0.39 is 0 Å². The highest BCUT2D eigenvalue weighted by atomic mass is 32.2. The van der Waals surface area contributed by atoms with E-state index in [0.717, 1.165) is 11.4 Å². The number of nitrogens with zero attached hydrogens (tertiary/aromatic N) is 3. The van der Waals surface area contributed by atoms with Crippen LogP contribution in [-0.4, -0.2) is 43.6 Å². The van der Waals surface area contributed by atoms with Gasteiger partial charge in [0.1, 0.15) is 11.6 Å². The lowest BCUT2D eigenvalue weighted by Crippen LogP contribution is -2.05. The van der Waals surface area contributed by atoms with Crippen molar-refractivity contribution < 1.29 is 19.7 Å². The zero-order valence-electron chi connectivity index (χ0n) is 14.2. The van der Waals surface area contributed by atoms with Crippen LogP contribution in [0.4, 0.5) is 0 Å². The summed E-state index contributed by atoms with van der Waals surface area (Å²) >= 11 is 1.25. The Morgan fingerprint density at radius 2 is 1.85 bits per heavy atom. The van der Waals surface area contributed by atoms with E-state index in [4.69, 9.17) is 4.74 Å². The maximum absolute atomic E-state index is 12.3. The van der Waals surface area contributed by atoms with Crippen LogP contribution in [0.3, 0.4) is 0 Å². The molecule has 1 aromatic heterocycles. The molecule has 3 aromatic rings. The Bertz CT molecular complexity index is 938. The molecule has 0 bridgehead atoms. The number of aromatic nitrogens is 3. The smallest absolute Gasteiger partial charge is 0.196 e. The fraction of sp³-hybridized carbons (Fsp3) is 0.167. The van der Waals surface area contributed by atoms with Crippen molar-refractivity contribution in [2.75, 3.05) is 12.9 Å². The van der Waals surface area contributed by atoms with Crippen LogP contribution in [-0.2, 0) is 0 Å². The van der Waals surface area contributed by atoms with Crippen LogP contribution >= 0.6 is 11.8 Å². The van der Waals surface area contributed by atoms with Crippen LogP contribution in [0.5, 0.6) is 17.2 Å². The van der Waals surface area contributed by atoms with Gasteiger partial charge in [0.25, 0.3) is 0 Å². The number of carbonyl (C=O) groups is 1. The number of thioether (sulfide) groups is 1. The molecule has 7 nitrogen and oxygen atoms in total. The molecule has 0 radical (unpaired) electrons. The molecular weight excluding hydrogens is 354 g/mol. The third-order valence-corrected chi connectivity index (χ3v) is 4.68. The summed E-state index contributed by atoms with van der Waals surface area (Å²) in [6.07, 6.45) is 0. The van der Waals surface area contributed by atoms with E-state index in [1.54, 1.807) is 7.11 Å². The van der Waals surface area contributed by atoms with Gasteiger partial charge in [-0.3, -0.25) is 9.36 Å².